The monoisotopic (exact) mass is 1010 g/mol. The van der Waals surface area contributed by atoms with Gasteiger partial charge in [-0.15, -0.1) is 0 Å². The van der Waals surface area contributed by atoms with Gasteiger partial charge in [-0.2, -0.15) is 0 Å². The van der Waals surface area contributed by atoms with Crippen molar-refractivity contribution in [1.29, 1.82) is 0 Å². The van der Waals surface area contributed by atoms with Gasteiger partial charge in [-0.3, -0.25) is 33.6 Å². The number of halogens is 1. The van der Waals surface area contributed by atoms with Gasteiger partial charge in [-0.25, -0.2) is 14.2 Å². The van der Waals surface area contributed by atoms with Crippen LogP contribution in [0.1, 0.15) is 111 Å². The molecule has 21 heteroatoms. The molecule has 0 fully saturated rings. The summed E-state index contributed by atoms with van der Waals surface area (Å²) in [4.78, 5) is 109. The van der Waals surface area contributed by atoms with E-state index >= 15 is 4.39 Å². The number of benzene rings is 2. The molecule has 6 amide bonds. The minimum absolute atomic E-state index is 0.0432. The molecule has 390 valence electrons. The maximum atomic E-state index is 15.4. The van der Waals surface area contributed by atoms with Gasteiger partial charge in [0.1, 0.15) is 38.4 Å². The number of rotatable bonds is 24. The number of nitrogens with zero attached hydrogens (tertiary/aromatic N) is 2. The van der Waals surface area contributed by atoms with E-state index in [4.69, 9.17) is 19.2 Å². The van der Waals surface area contributed by atoms with Gasteiger partial charge in [-0.1, -0.05) is 69.9 Å². The third kappa shape index (κ3) is 12.6. The lowest BCUT2D eigenvalue weighted by Crippen LogP contribution is -2.52. The maximum Gasteiger partial charge on any atom is 0.343 e. The van der Waals surface area contributed by atoms with Crippen LogP contribution in [0, 0.1) is 12.7 Å². The first kappa shape index (κ1) is 53.7. The highest BCUT2D eigenvalue weighted by Gasteiger charge is 2.46. The van der Waals surface area contributed by atoms with Crippen molar-refractivity contribution in [3.63, 3.8) is 0 Å². The van der Waals surface area contributed by atoms with E-state index in [9.17, 15) is 43.5 Å². The number of hydrogen-bond acceptors (Lipinski definition) is 13. The number of aromatic nitrogens is 2. The maximum absolute atomic E-state index is 15.4. The summed E-state index contributed by atoms with van der Waals surface area (Å²) in [5, 5.41) is 27.4. The second-order valence-corrected chi connectivity index (χ2v) is 18.6. The van der Waals surface area contributed by atoms with E-state index in [1.54, 1.807) is 50.2 Å². The zero-order valence-electron chi connectivity index (χ0n) is 41.5. The number of nitrogens with one attached hydrogen (secondary N) is 6. The highest BCUT2D eigenvalue weighted by atomic mass is 19.1. The SMILES string of the molecule is CCCCCCC(C)OCC(=O)NCC(=O)NCC(=O)N[C@@H](Cc1ccccc1)C(=O)NCC(=O)NCOCC(=O)N[C@H]1CCc2c(C)c(F)cc3nc4c(c1c23)Cn1c-4cc2c(c1=O)COC(=O)[C@]2(O)CC. The van der Waals surface area contributed by atoms with Gasteiger partial charge in [0.2, 0.25) is 35.4 Å². The lowest BCUT2D eigenvalue weighted by molar-refractivity contribution is -0.172. The molecule has 2 aromatic carbocycles. The number of amides is 6. The van der Waals surface area contributed by atoms with Crippen molar-refractivity contribution in [2.24, 2.45) is 0 Å². The molecule has 2 aliphatic heterocycles. The van der Waals surface area contributed by atoms with E-state index in [0.29, 0.717) is 57.4 Å². The summed E-state index contributed by atoms with van der Waals surface area (Å²) >= 11 is 0. The number of esters is 1. The van der Waals surface area contributed by atoms with Crippen molar-refractivity contribution in [3.8, 4) is 11.4 Å². The number of fused-ring (bicyclic) bond motifs is 5. The van der Waals surface area contributed by atoms with Gasteiger partial charge in [0, 0.05) is 29.0 Å². The second-order valence-electron chi connectivity index (χ2n) is 18.6. The van der Waals surface area contributed by atoms with E-state index in [1.165, 1.54) is 10.6 Å². The van der Waals surface area contributed by atoms with E-state index in [1.807, 2.05) is 6.92 Å². The Bertz CT molecular complexity index is 2840. The van der Waals surface area contributed by atoms with Crippen LogP contribution in [0.4, 0.5) is 4.39 Å². The second kappa shape index (κ2) is 24.1. The van der Waals surface area contributed by atoms with Crippen LogP contribution in [0.2, 0.25) is 0 Å². The fourth-order valence-electron chi connectivity index (χ4n) is 9.50. The molecule has 0 saturated heterocycles. The molecule has 0 radical (unpaired) electrons. The summed E-state index contributed by atoms with van der Waals surface area (Å²) in [5.74, 6) is -5.00. The molecule has 0 spiro atoms. The molecule has 0 saturated carbocycles. The summed E-state index contributed by atoms with van der Waals surface area (Å²) in [5.41, 5.74) is 1.95. The minimum atomic E-state index is -2.05. The number of aryl methyl sites for hydroxylation is 1. The number of carbonyl (C=O) groups is 7. The van der Waals surface area contributed by atoms with Gasteiger partial charge in [0.25, 0.3) is 5.56 Å². The lowest BCUT2D eigenvalue weighted by Gasteiger charge is -2.31. The Morgan fingerprint density at radius 1 is 0.890 bits per heavy atom. The average Bonchev–Trinajstić information content (AvgIpc) is 3.75. The molecule has 3 aliphatic rings. The molecular formula is C52H63FN8O12. The van der Waals surface area contributed by atoms with Crippen LogP contribution >= 0.6 is 0 Å². The number of ether oxygens (including phenoxy) is 3. The van der Waals surface area contributed by atoms with Crippen molar-refractivity contribution in [3.05, 3.63) is 97.6 Å². The zero-order valence-corrected chi connectivity index (χ0v) is 41.5. The Balaban J connectivity index is 0.901. The summed E-state index contributed by atoms with van der Waals surface area (Å²) in [6.07, 6.45) is 5.88. The van der Waals surface area contributed by atoms with Crippen molar-refractivity contribution in [2.45, 2.75) is 122 Å². The Morgan fingerprint density at radius 2 is 1.62 bits per heavy atom. The standard InChI is InChI=1S/C52H63FN8O12/c1-5-7-8-10-13-29(3)72-27-44(65)55-21-41(62)54-23-43(64)59-39(18-31-14-11-9-12-15-31)49(67)56-22-42(63)57-28-71-26-45(66)58-37-17-16-32-30(4)36(53)20-38-46(32)47(37)33-24-61-40(48(33)60-38)19-35-34(50(61)68)25-73-51(69)52(35,70)6-2/h9,11-12,14-15,19-20,29,37,39,70H,5-8,10,13,16-18,21-28H2,1-4H3,(H,54,62)(H,55,65)(H,56,67)(H,57,63)(H,58,66)(H,59,64)/t29?,37-,39-,52-/m0/s1. The number of cyclic esters (lactones) is 1. The summed E-state index contributed by atoms with van der Waals surface area (Å²) < 4.78 is 33.1. The largest absolute Gasteiger partial charge is 0.458 e. The van der Waals surface area contributed by atoms with Crippen LogP contribution in [-0.4, -0.2) is 108 Å². The third-order valence-electron chi connectivity index (χ3n) is 13.5. The van der Waals surface area contributed by atoms with Gasteiger partial charge in [-0.05, 0) is 67.9 Å². The summed E-state index contributed by atoms with van der Waals surface area (Å²) in [7, 11) is 0. The van der Waals surface area contributed by atoms with Gasteiger partial charge in [0.05, 0.1) is 60.8 Å². The summed E-state index contributed by atoms with van der Waals surface area (Å²) in [6.45, 7) is 4.57. The Morgan fingerprint density at radius 3 is 2.37 bits per heavy atom. The van der Waals surface area contributed by atoms with Crippen molar-refractivity contribution >= 4 is 52.3 Å². The molecule has 2 aromatic heterocycles. The molecule has 7 rings (SSSR count). The van der Waals surface area contributed by atoms with Crippen molar-refractivity contribution in [1.82, 2.24) is 41.5 Å². The molecule has 20 nitrogen and oxygen atoms in total. The van der Waals surface area contributed by atoms with E-state index in [0.717, 1.165) is 37.7 Å². The first-order chi connectivity index (χ1) is 35.0. The Kier molecular flexibility index (Phi) is 17.7. The number of carbonyl (C=O) groups excluding carboxylic acids is 7. The smallest absolute Gasteiger partial charge is 0.343 e. The summed E-state index contributed by atoms with van der Waals surface area (Å²) in [6, 6.07) is 9.96. The predicted molar refractivity (Wildman–Crippen MR) is 263 cm³/mol. The molecule has 4 atom stereocenters. The van der Waals surface area contributed by atoms with Crippen LogP contribution in [0.15, 0.2) is 47.3 Å². The van der Waals surface area contributed by atoms with E-state index in [-0.39, 0.29) is 56.4 Å². The topological polar surface area (TPSA) is 274 Å². The normalized spacial score (nSPS) is 17.0. The van der Waals surface area contributed by atoms with Crippen molar-refractivity contribution < 1.29 is 57.3 Å². The number of pyridine rings is 2. The number of unbranched alkanes of at least 4 members (excludes halogenated alkanes) is 3. The highest BCUT2D eigenvalue weighted by Crippen LogP contribution is 2.46. The molecule has 4 aromatic rings. The van der Waals surface area contributed by atoms with Gasteiger partial charge < -0.3 is 55.8 Å². The molecule has 7 N–H and O–H groups in total. The van der Waals surface area contributed by atoms with E-state index in [2.05, 4.69) is 38.8 Å². The molecule has 4 heterocycles. The Labute approximate surface area is 420 Å². The highest BCUT2D eigenvalue weighted by molar-refractivity contribution is 5.95. The predicted octanol–water partition coefficient (Wildman–Crippen LogP) is 2.17. The Hall–Kier alpha value is -7.10. The van der Waals surface area contributed by atoms with Gasteiger partial charge >= 0.3 is 5.97 Å². The lowest BCUT2D eigenvalue weighted by atomic mass is 9.81. The van der Waals surface area contributed by atoms with E-state index < -0.39 is 96.9 Å². The molecular weight excluding hydrogens is 948 g/mol. The molecule has 1 aliphatic carbocycles. The molecule has 73 heavy (non-hydrogen) atoms. The molecule has 0 bridgehead atoms. The minimum Gasteiger partial charge on any atom is -0.458 e. The van der Waals surface area contributed by atoms with Crippen molar-refractivity contribution in [2.75, 3.05) is 39.6 Å². The first-order valence-electron chi connectivity index (χ1n) is 24.7. The number of hydrogen-bond donors (Lipinski definition) is 7. The van der Waals surface area contributed by atoms with Gasteiger partial charge in [0.15, 0.2) is 5.60 Å². The molecule has 1 unspecified atom stereocenters. The van der Waals surface area contributed by atoms with Crippen LogP contribution < -0.4 is 37.5 Å². The fourth-order valence-corrected chi connectivity index (χ4v) is 9.50. The zero-order chi connectivity index (χ0) is 52.4. The average molecular weight is 1010 g/mol. The van der Waals surface area contributed by atoms with Crippen LogP contribution in [-0.2, 0) is 79.4 Å². The first-order valence-corrected chi connectivity index (χ1v) is 24.7. The third-order valence-corrected chi connectivity index (χ3v) is 13.5. The van der Waals surface area contributed by atoms with Crippen LogP contribution in [0.25, 0.3) is 22.3 Å². The quantitative estimate of drug-likeness (QED) is 0.0266. The number of aliphatic hydroxyl groups is 1. The van der Waals surface area contributed by atoms with Crippen LogP contribution in [0.5, 0.6) is 0 Å². The van der Waals surface area contributed by atoms with Crippen LogP contribution in [0.3, 0.4) is 0 Å². The fraction of sp³-hybridized carbons (Fsp3) is 0.481.